The predicted octanol–water partition coefficient (Wildman–Crippen LogP) is 4.85. The highest BCUT2D eigenvalue weighted by Crippen LogP contribution is 2.36. The van der Waals surface area contributed by atoms with Crippen molar-refractivity contribution in [1.29, 1.82) is 0 Å². The van der Waals surface area contributed by atoms with Crippen molar-refractivity contribution >= 4 is 5.91 Å². The molecule has 0 bridgehead atoms. The van der Waals surface area contributed by atoms with Gasteiger partial charge in [-0.25, -0.2) is 0 Å². The standard InChI is InChI=1S/C18H24F3NO/c1-13-7-5-6-10-22(12-13)17(23)11-14(2)15-8-3-4-9-16(15)18(19,20)21/h3-4,8-9,13-14H,5-7,10-12H2,1-2H3/t13-,14-/m0/s1. The number of halogens is 3. The van der Waals surface area contributed by atoms with Gasteiger partial charge in [0.15, 0.2) is 0 Å². The maximum absolute atomic E-state index is 13.1. The molecule has 0 N–H and O–H groups in total. The van der Waals surface area contributed by atoms with E-state index < -0.39 is 17.7 Å². The minimum atomic E-state index is -4.38. The van der Waals surface area contributed by atoms with E-state index in [4.69, 9.17) is 0 Å². The third-order valence-corrected chi connectivity index (χ3v) is 4.54. The molecule has 2 nitrogen and oxygen atoms in total. The summed E-state index contributed by atoms with van der Waals surface area (Å²) in [5.41, 5.74) is -0.430. The number of carbonyl (C=O) groups is 1. The Morgan fingerprint density at radius 1 is 1.30 bits per heavy atom. The topological polar surface area (TPSA) is 20.3 Å². The molecule has 1 fully saturated rings. The van der Waals surface area contributed by atoms with Crippen molar-refractivity contribution in [3.8, 4) is 0 Å². The molecule has 0 unspecified atom stereocenters. The largest absolute Gasteiger partial charge is 0.416 e. The molecule has 5 heteroatoms. The maximum Gasteiger partial charge on any atom is 0.416 e. The zero-order valence-electron chi connectivity index (χ0n) is 13.7. The molecular formula is C18H24F3NO. The Balaban J connectivity index is 2.10. The van der Waals surface area contributed by atoms with Gasteiger partial charge in [0, 0.05) is 19.5 Å². The molecule has 0 spiro atoms. The van der Waals surface area contributed by atoms with Crippen molar-refractivity contribution in [2.24, 2.45) is 5.92 Å². The summed E-state index contributed by atoms with van der Waals surface area (Å²) in [6.07, 6.45) is -1.07. The molecule has 1 heterocycles. The van der Waals surface area contributed by atoms with Crippen LogP contribution < -0.4 is 0 Å². The number of rotatable bonds is 3. The van der Waals surface area contributed by atoms with Gasteiger partial charge in [0.25, 0.3) is 0 Å². The molecule has 23 heavy (non-hydrogen) atoms. The number of nitrogens with zero attached hydrogens (tertiary/aromatic N) is 1. The quantitative estimate of drug-likeness (QED) is 0.777. The minimum absolute atomic E-state index is 0.0387. The molecule has 0 aromatic heterocycles. The second-order valence-corrected chi connectivity index (χ2v) is 6.63. The van der Waals surface area contributed by atoms with Crippen molar-refractivity contribution in [2.75, 3.05) is 13.1 Å². The molecule has 1 aliphatic heterocycles. The van der Waals surface area contributed by atoms with E-state index in [0.29, 0.717) is 12.5 Å². The van der Waals surface area contributed by atoms with Crippen LogP contribution in [0.5, 0.6) is 0 Å². The smallest absolute Gasteiger partial charge is 0.342 e. The van der Waals surface area contributed by atoms with E-state index >= 15 is 0 Å². The molecule has 2 rings (SSSR count). The van der Waals surface area contributed by atoms with Crippen molar-refractivity contribution in [3.05, 3.63) is 35.4 Å². The van der Waals surface area contributed by atoms with E-state index in [0.717, 1.165) is 31.9 Å². The number of hydrogen-bond donors (Lipinski definition) is 0. The normalized spacial score (nSPS) is 20.9. The third kappa shape index (κ3) is 4.72. The van der Waals surface area contributed by atoms with E-state index in [1.165, 1.54) is 12.1 Å². The lowest BCUT2D eigenvalue weighted by Gasteiger charge is -2.25. The SMILES string of the molecule is C[C@H]1CCCCN(C(=O)C[C@H](C)c2ccccc2C(F)(F)F)C1. The number of hydrogen-bond acceptors (Lipinski definition) is 1. The fourth-order valence-electron chi connectivity index (χ4n) is 3.27. The zero-order valence-corrected chi connectivity index (χ0v) is 13.7. The van der Waals surface area contributed by atoms with Gasteiger partial charge in [0.05, 0.1) is 5.56 Å². The Morgan fingerprint density at radius 3 is 2.70 bits per heavy atom. The minimum Gasteiger partial charge on any atom is -0.342 e. The van der Waals surface area contributed by atoms with Gasteiger partial charge in [-0.3, -0.25) is 4.79 Å². The average molecular weight is 327 g/mol. The number of alkyl halides is 3. The Labute approximate surface area is 135 Å². The highest BCUT2D eigenvalue weighted by atomic mass is 19.4. The first-order valence-electron chi connectivity index (χ1n) is 8.23. The van der Waals surface area contributed by atoms with Gasteiger partial charge in [-0.2, -0.15) is 13.2 Å². The molecule has 1 aliphatic rings. The number of amides is 1. The summed E-state index contributed by atoms with van der Waals surface area (Å²) in [6.45, 7) is 5.25. The summed E-state index contributed by atoms with van der Waals surface area (Å²) in [5.74, 6) is -0.0265. The van der Waals surface area contributed by atoms with E-state index in [1.807, 2.05) is 4.90 Å². The van der Waals surface area contributed by atoms with Gasteiger partial charge in [-0.05, 0) is 36.3 Å². The van der Waals surface area contributed by atoms with Crippen LogP contribution in [-0.2, 0) is 11.0 Å². The van der Waals surface area contributed by atoms with Gasteiger partial charge in [0.1, 0.15) is 0 Å². The highest BCUT2D eigenvalue weighted by molar-refractivity contribution is 5.77. The lowest BCUT2D eigenvalue weighted by Crippen LogP contribution is -2.34. The van der Waals surface area contributed by atoms with Crippen LogP contribution in [0, 0.1) is 5.92 Å². The Bertz CT molecular complexity index is 541. The van der Waals surface area contributed by atoms with Crippen LogP contribution in [0.4, 0.5) is 13.2 Å². The summed E-state index contributed by atoms with van der Waals surface area (Å²) < 4.78 is 39.3. The number of likely N-dealkylation sites (tertiary alicyclic amines) is 1. The number of benzene rings is 1. The maximum atomic E-state index is 13.1. The molecule has 0 saturated carbocycles. The van der Waals surface area contributed by atoms with E-state index in [9.17, 15) is 18.0 Å². The van der Waals surface area contributed by atoms with E-state index in [2.05, 4.69) is 6.92 Å². The summed E-state index contributed by atoms with van der Waals surface area (Å²) in [7, 11) is 0. The van der Waals surface area contributed by atoms with Crippen LogP contribution in [0.1, 0.15) is 56.6 Å². The molecule has 128 valence electrons. The van der Waals surface area contributed by atoms with Crippen LogP contribution in [0.25, 0.3) is 0 Å². The molecule has 0 radical (unpaired) electrons. The Kier molecular flexibility index (Phi) is 5.71. The van der Waals surface area contributed by atoms with Crippen molar-refractivity contribution in [2.45, 2.75) is 51.6 Å². The Morgan fingerprint density at radius 2 is 2.00 bits per heavy atom. The molecular weight excluding hydrogens is 303 g/mol. The lowest BCUT2D eigenvalue weighted by molar-refractivity contribution is -0.139. The Hall–Kier alpha value is -1.52. The summed E-state index contributed by atoms with van der Waals surface area (Å²) in [4.78, 5) is 14.3. The molecule has 1 saturated heterocycles. The van der Waals surface area contributed by atoms with Gasteiger partial charge in [-0.1, -0.05) is 38.5 Å². The van der Waals surface area contributed by atoms with Crippen molar-refractivity contribution in [1.82, 2.24) is 4.90 Å². The summed E-state index contributed by atoms with van der Waals surface area (Å²) in [5, 5.41) is 0. The van der Waals surface area contributed by atoms with Gasteiger partial charge in [0.2, 0.25) is 5.91 Å². The van der Waals surface area contributed by atoms with Crippen LogP contribution in [0.3, 0.4) is 0 Å². The van der Waals surface area contributed by atoms with Crippen LogP contribution in [0.15, 0.2) is 24.3 Å². The average Bonchev–Trinajstić information content (AvgIpc) is 2.71. The second kappa shape index (κ2) is 7.37. The fourth-order valence-corrected chi connectivity index (χ4v) is 3.27. The number of carbonyl (C=O) groups excluding carboxylic acids is 1. The van der Waals surface area contributed by atoms with Gasteiger partial charge < -0.3 is 4.90 Å². The first kappa shape index (κ1) is 17.8. The summed E-state index contributed by atoms with van der Waals surface area (Å²) in [6, 6.07) is 5.55. The first-order valence-corrected chi connectivity index (χ1v) is 8.23. The monoisotopic (exact) mass is 327 g/mol. The molecule has 2 atom stereocenters. The van der Waals surface area contributed by atoms with Crippen molar-refractivity contribution < 1.29 is 18.0 Å². The highest BCUT2D eigenvalue weighted by Gasteiger charge is 2.34. The van der Waals surface area contributed by atoms with Crippen LogP contribution >= 0.6 is 0 Å². The lowest BCUT2D eigenvalue weighted by atomic mass is 9.92. The van der Waals surface area contributed by atoms with Gasteiger partial charge in [-0.15, -0.1) is 0 Å². The molecule has 0 aliphatic carbocycles. The van der Waals surface area contributed by atoms with E-state index in [-0.39, 0.29) is 17.9 Å². The third-order valence-electron chi connectivity index (χ3n) is 4.54. The second-order valence-electron chi connectivity index (χ2n) is 6.63. The summed E-state index contributed by atoms with van der Waals surface area (Å²) >= 11 is 0. The van der Waals surface area contributed by atoms with Crippen LogP contribution in [-0.4, -0.2) is 23.9 Å². The molecule has 1 aromatic carbocycles. The first-order chi connectivity index (χ1) is 10.8. The molecule has 1 amide bonds. The van der Waals surface area contributed by atoms with Crippen LogP contribution in [0.2, 0.25) is 0 Å². The van der Waals surface area contributed by atoms with Crippen molar-refractivity contribution in [3.63, 3.8) is 0 Å². The van der Waals surface area contributed by atoms with Gasteiger partial charge >= 0.3 is 6.18 Å². The van der Waals surface area contributed by atoms with E-state index in [1.54, 1.807) is 13.0 Å². The predicted molar refractivity (Wildman–Crippen MR) is 84.1 cm³/mol. The fraction of sp³-hybridized carbons (Fsp3) is 0.611. The molecule has 1 aromatic rings. The zero-order chi connectivity index (χ0) is 17.0.